The Bertz CT molecular complexity index is 710. The second-order valence-electron chi connectivity index (χ2n) is 4.44. The molecule has 6 heteroatoms. The van der Waals surface area contributed by atoms with Crippen LogP contribution in [0.1, 0.15) is 11.3 Å². The van der Waals surface area contributed by atoms with Crippen molar-refractivity contribution in [2.24, 2.45) is 0 Å². The number of carbonyl (C=O) groups excluding carboxylic acids is 1. The van der Waals surface area contributed by atoms with Crippen LogP contribution in [0.4, 0.5) is 5.69 Å². The minimum Gasteiger partial charge on any atom is -0.323 e. The second-order valence-corrected chi connectivity index (χ2v) is 5.29. The van der Waals surface area contributed by atoms with E-state index in [0.29, 0.717) is 5.69 Å². The number of carbonyl (C=O) groups is 1. The molecule has 0 saturated carbocycles. The number of nitrogens with zero attached hydrogens (tertiary/aromatic N) is 2. The zero-order valence-electron chi connectivity index (χ0n) is 11.2. The van der Waals surface area contributed by atoms with Crippen molar-refractivity contribution in [3.63, 3.8) is 0 Å². The van der Waals surface area contributed by atoms with E-state index in [1.54, 1.807) is 13.0 Å². The summed E-state index contributed by atoms with van der Waals surface area (Å²) in [7, 11) is 0. The number of aromatic nitrogens is 2. The second kappa shape index (κ2) is 6.00. The lowest BCUT2D eigenvalue weighted by Crippen LogP contribution is -2.30. The third kappa shape index (κ3) is 3.33. The van der Waals surface area contributed by atoms with Crippen LogP contribution in [0.5, 0.6) is 0 Å². The molecule has 0 saturated heterocycles. The van der Waals surface area contributed by atoms with Gasteiger partial charge in [0.05, 0.1) is 11.4 Å². The third-order valence-electron chi connectivity index (χ3n) is 2.88. The van der Waals surface area contributed by atoms with Crippen molar-refractivity contribution in [2.45, 2.75) is 20.4 Å². The zero-order valence-corrected chi connectivity index (χ0v) is 12.8. The molecule has 104 valence electrons. The Morgan fingerprint density at radius 2 is 2.05 bits per heavy atom. The van der Waals surface area contributed by atoms with Crippen LogP contribution in [-0.2, 0) is 11.3 Å². The maximum atomic E-state index is 12.0. The number of benzene rings is 1. The van der Waals surface area contributed by atoms with Crippen LogP contribution in [0.25, 0.3) is 0 Å². The van der Waals surface area contributed by atoms with E-state index in [4.69, 9.17) is 0 Å². The van der Waals surface area contributed by atoms with Crippen LogP contribution in [0.2, 0.25) is 0 Å². The molecule has 5 nitrogen and oxygen atoms in total. The van der Waals surface area contributed by atoms with Gasteiger partial charge >= 0.3 is 0 Å². The van der Waals surface area contributed by atoms with E-state index in [1.165, 1.54) is 6.07 Å². The molecule has 0 radical (unpaired) electrons. The van der Waals surface area contributed by atoms with Crippen LogP contribution < -0.4 is 10.9 Å². The Hall–Kier alpha value is -1.95. The summed E-state index contributed by atoms with van der Waals surface area (Å²) in [6, 6.07) is 8.76. The quantitative estimate of drug-likeness (QED) is 0.935. The van der Waals surface area contributed by atoms with Gasteiger partial charge in [0.2, 0.25) is 5.91 Å². The molecule has 2 rings (SSSR count). The molecule has 0 fully saturated rings. The number of aryl methyl sites for hydroxylation is 2. The molecule has 1 aromatic heterocycles. The standard InChI is InChI=1S/C14H14BrN3O2/c1-9-7-14(20)18(17-10(9)2)8-13(19)16-12-6-4-3-5-11(12)15/h3-7H,8H2,1-2H3,(H,16,19). The largest absolute Gasteiger partial charge is 0.323 e. The van der Waals surface area contributed by atoms with Gasteiger partial charge in [-0.05, 0) is 47.5 Å². The van der Waals surface area contributed by atoms with Crippen LogP contribution >= 0.6 is 15.9 Å². The number of anilines is 1. The van der Waals surface area contributed by atoms with Crippen LogP contribution in [0.15, 0.2) is 39.6 Å². The molecule has 1 amide bonds. The predicted molar refractivity (Wildman–Crippen MR) is 80.7 cm³/mol. The van der Waals surface area contributed by atoms with E-state index in [0.717, 1.165) is 20.4 Å². The Labute approximate surface area is 124 Å². The minimum atomic E-state index is -0.297. The fourth-order valence-corrected chi connectivity index (χ4v) is 2.06. The van der Waals surface area contributed by atoms with Gasteiger partial charge in [-0.3, -0.25) is 9.59 Å². The summed E-state index contributed by atoms with van der Waals surface area (Å²) in [5.74, 6) is -0.297. The number of para-hydroxylation sites is 1. The molecule has 1 aromatic carbocycles. The molecule has 0 aliphatic heterocycles. The molecule has 2 aromatic rings. The van der Waals surface area contributed by atoms with Gasteiger partial charge in [0.25, 0.3) is 5.56 Å². The van der Waals surface area contributed by atoms with E-state index in [-0.39, 0.29) is 18.0 Å². The smallest absolute Gasteiger partial charge is 0.267 e. The van der Waals surface area contributed by atoms with Crippen molar-refractivity contribution >= 4 is 27.5 Å². The monoisotopic (exact) mass is 335 g/mol. The number of halogens is 1. The highest BCUT2D eigenvalue weighted by Crippen LogP contribution is 2.20. The van der Waals surface area contributed by atoms with E-state index in [9.17, 15) is 9.59 Å². The van der Waals surface area contributed by atoms with Gasteiger partial charge in [-0.1, -0.05) is 12.1 Å². The lowest BCUT2D eigenvalue weighted by molar-refractivity contribution is -0.117. The molecule has 1 heterocycles. The maximum absolute atomic E-state index is 12.0. The highest BCUT2D eigenvalue weighted by atomic mass is 79.9. The van der Waals surface area contributed by atoms with Gasteiger partial charge in [0.1, 0.15) is 6.54 Å². The molecule has 0 atom stereocenters. The van der Waals surface area contributed by atoms with Crippen molar-refractivity contribution in [1.82, 2.24) is 9.78 Å². The van der Waals surface area contributed by atoms with Gasteiger partial charge in [0.15, 0.2) is 0 Å². The average Bonchev–Trinajstić information content (AvgIpc) is 2.39. The first kappa shape index (κ1) is 14.5. The highest BCUT2D eigenvalue weighted by Gasteiger charge is 2.09. The minimum absolute atomic E-state index is 0.110. The van der Waals surface area contributed by atoms with Crippen LogP contribution in [-0.4, -0.2) is 15.7 Å². The van der Waals surface area contributed by atoms with Gasteiger partial charge in [-0.25, -0.2) is 4.68 Å². The molecule has 0 unspecified atom stereocenters. The van der Waals surface area contributed by atoms with E-state index < -0.39 is 0 Å². The SMILES string of the molecule is Cc1cc(=O)n(CC(=O)Nc2ccccc2Br)nc1C. The van der Waals surface area contributed by atoms with Crippen LogP contribution in [0.3, 0.4) is 0 Å². The van der Waals surface area contributed by atoms with Crippen LogP contribution in [0, 0.1) is 13.8 Å². The van der Waals surface area contributed by atoms with Crippen molar-refractivity contribution < 1.29 is 4.79 Å². The Kier molecular flexibility index (Phi) is 4.34. The highest BCUT2D eigenvalue weighted by molar-refractivity contribution is 9.10. The first-order valence-corrected chi connectivity index (χ1v) is 6.86. The first-order valence-electron chi connectivity index (χ1n) is 6.07. The average molecular weight is 336 g/mol. The summed E-state index contributed by atoms with van der Waals surface area (Å²) in [4.78, 5) is 23.7. The van der Waals surface area contributed by atoms with E-state index in [2.05, 4.69) is 26.3 Å². The number of hydrogen-bond donors (Lipinski definition) is 1. The fraction of sp³-hybridized carbons (Fsp3) is 0.214. The molecule has 0 spiro atoms. The molecule has 20 heavy (non-hydrogen) atoms. The summed E-state index contributed by atoms with van der Waals surface area (Å²) in [5.41, 5.74) is 1.93. The first-order chi connectivity index (χ1) is 9.47. The summed E-state index contributed by atoms with van der Waals surface area (Å²) in [6.07, 6.45) is 0. The molecular formula is C14H14BrN3O2. The number of hydrogen-bond acceptors (Lipinski definition) is 3. The molecule has 0 bridgehead atoms. The summed E-state index contributed by atoms with van der Waals surface area (Å²) in [6.45, 7) is 3.51. The Morgan fingerprint density at radius 1 is 1.35 bits per heavy atom. The predicted octanol–water partition coefficient (Wildman–Crippen LogP) is 2.26. The van der Waals surface area contributed by atoms with Gasteiger partial charge in [-0.2, -0.15) is 5.10 Å². The molecule has 0 aliphatic carbocycles. The normalized spacial score (nSPS) is 10.3. The Morgan fingerprint density at radius 3 is 2.75 bits per heavy atom. The maximum Gasteiger partial charge on any atom is 0.267 e. The topological polar surface area (TPSA) is 64.0 Å². The summed E-state index contributed by atoms with van der Waals surface area (Å²) >= 11 is 3.35. The lowest BCUT2D eigenvalue weighted by atomic mass is 10.2. The lowest BCUT2D eigenvalue weighted by Gasteiger charge is -2.09. The number of nitrogens with one attached hydrogen (secondary N) is 1. The third-order valence-corrected chi connectivity index (χ3v) is 3.57. The fourth-order valence-electron chi connectivity index (χ4n) is 1.67. The zero-order chi connectivity index (χ0) is 14.7. The van der Waals surface area contributed by atoms with Gasteiger partial charge in [0, 0.05) is 10.5 Å². The number of amides is 1. The summed E-state index contributed by atoms with van der Waals surface area (Å²) in [5, 5.41) is 6.84. The van der Waals surface area contributed by atoms with E-state index >= 15 is 0 Å². The van der Waals surface area contributed by atoms with E-state index in [1.807, 2.05) is 25.1 Å². The molecule has 0 aliphatic rings. The Balaban J connectivity index is 2.15. The van der Waals surface area contributed by atoms with Crippen molar-refractivity contribution in [2.75, 3.05) is 5.32 Å². The van der Waals surface area contributed by atoms with Crippen molar-refractivity contribution in [3.8, 4) is 0 Å². The van der Waals surface area contributed by atoms with Gasteiger partial charge < -0.3 is 5.32 Å². The number of rotatable bonds is 3. The van der Waals surface area contributed by atoms with Crippen molar-refractivity contribution in [1.29, 1.82) is 0 Å². The van der Waals surface area contributed by atoms with Crippen molar-refractivity contribution in [3.05, 3.63) is 56.4 Å². The molecule has 1 N–H and O–H groups in total. The molecular weight excluding hydrogens is 322 g/mol. The van der Waals surface area contributed by atoms with Gasteiger partial charge in [-0.15, -0.1) is 0 Å². The summed E-state index contributed by atoms with van der Waals surface area (Å²) < 4.78 is 1.95.